The standard InChI is InChI=1S/C6H8N2O/c1-5-3-7-6(9)8(2)4-5/h3-4H,1-2H3. The fourth-order valence-electron chi connectivity index (χ4n) is 0.642. The molecule has 1 aromatic heterocycles. The second-order valence-corrected chi connectivity index (χ2v) is 2.02. The molecule has 0 aliphatic carbocycles. The second-order valence-electron chi connectivity index (χ2n) is 2.02. The van der Waals surface area contributed by atoms with E-state index in [1.54, 1.807) is 19.4 Å². The maximum atomic E-state index is 10.6. The van der Waals surface area contributed by atoms with Crippen molar-refractivity contribution in [1.29, 1.82) is 0 Å². The zero-order valence-electron chi connectivity index (χ0n) is 5.46. The molecule has 1 aromatic rings. The SMILES string of the molecule is Cc1cnc(=O)n(C)c1. The average Bonchev–Trinajstić information content (AvgIpc) is 1.80. The lowest BCUT2D eigenvalue weighted by Crippen LogP contribution is -2.18. The molecule has 0 spiro atoms. The molecule has 0 atom stereocenters. The Bertz CT molecular complexity index is 264. The molecule has 3 nitrogen and oxygen atoms in total. The number of rotatable bonds is 0. The Labute approximate surface area is 53.0 Å². The minimum Gasteiger partial charge on any atom is -0.302 e. The van der Waals surface area contributed by atoms with Gasteiger partial charge in [0.05, 0.1) is 0 Å². The van der Waals surface area contributed by atoms with E-state index in [4.69, 9.17) is 0 Å². The van der Waals surface area contributed by atoms with Crippen LogP contribution in [0.15, 0.2) is 17.2 Å². The molecule has 9 heavy (non-hydrogen) atoms. The highest BCUT2D eigenvalue weighted by molar-refractivity contribution is 4.98. The Morgan fingerprint density at radius 2 is 2.33 bits per heavy atom. The highest BCUT2D eigenvalue weighted by Gasteiger charge is 1.87. The van der Waals surface area contributed by atoms with Gasteiger partial charge in [0.25, 0.3) is 0 Å². The molecule has 0 N–H and O–H groups in total. The molecule has 1 heterocycles. The van der Waals surface area contributed by atoms with Gasteiger partial charge >= 0.3 is 5.69 Å². The summed E-state index contributed by atoms with van der Waals surface area (Å²) in [6, 6.07) is 0. The summed E-state index contributed by atoms with van der Waals surface area (Å²) in [6.07, 6.45) is 3.30. The van der Waals surface area contributed by atoms with Crippen LogP contribution in [-0.2, 0) is 7.05 Å². The third kappa shape index (κ3) is 1.16. The van der Waals surface area contributed by atoms with Crippen LogP contribution >= 0.6 is 0 Å². The monoisotopic (exact) mass is 124 g/mol. The highest BCUT2D eigenvalue weighted by Crippen LogP contribution is 1.85. The van der Waals surface area contributed by atoms with E-state index >= 15 is 0 Å². The van der Waals surface area contributed by atoms with Gasteiger partial charge in [0, 0.05) is 19.4 Å². The van der Waals surface area contributed by atoms with Crippen molar-refractivity contribution in [2.24, 2.45) is 7.05 Å². The molecular weight excluding hydrogens is 116 g/mol. The minimum atomic E-state index is -0.208. The second kappa shape index (κ2) is 2.01. The summed E-state index contributed by atoms with van der Waals surface area (Å²) in [7, 11) is 1.68. The lowest BCUT2D eigenvalue weighted by molar-refractivity contribution is 0.801. The maximum absolute atomic E-state index is 10.6. The van der Waals surface area contributed by atoms with Gasteiger partial charge in [-0.2, -0.15) is 0 Å². The van der Waals surface area contributed by atoms with Crippen LogP contribution in [0.2, 0.25) is 0 Å². The van der Waals surface area contributed by atoms with Crippen LogP contribution in [0.25, 0.3) is 0 Å². The molecule has 0 amide bonds. The Kier molecular flexibility index (Phi) is 1.34. The molecule has 0 aromatic carbocycles. The third-order valence-electron chi connectivity index (χ3n) is 1.08. The minimum absolute atomic E-state index is 0.208. The van der Waals surface area contributed by atoms with Crippen LogP contribution in [0.3, 0.4) is 0 Å². The van der Waals surface area contributed by atoms with Crippen LogP contribution in [0.5, 0.6) is 0 Å². The first-order chi connectivity index (χ1) is 4.20. The number of aromatic nitrogens is 2. The average molecular weight is 124 g/mol. The quantitative estimate of drug-likeness (QED) is 0.491. The van der Waals surface area contributed by atoms with Crippen LogP contribution in [0, 0.1) is 6.92 Å². The van der Waals surface area contributed by atoms with Gasteiger partial charge in [-0.1, -0.05) is 0 Å². The van der Waals surface area contributed by atoms with Crippen LogP contribution < -0.4 is 5.69 Å². The summed E-state index contributed by atoms with van der Waals surface area (Å²) in [5, 5.41) is 0. The number of hydrogen-bond donors (Lipinski definition) is 0. The Morgan fingerprint density at radius 3 is 2.78 bits per heavy atom. The van der Waals surface area contributed by atoms with E-state index in [0.29, 0.717) is 0 Å². The van der Waals surface area contributed by atoms with Gasteiger partial charge in [0.15, 0.2) is 0 Å². The summed E-state index contributed by atoms with van der Waals surface area (Å²) in [5.74, 6) is 0. The summed E-state index contributed by atoms with van der Waals surface area (Å²) in [4.78, 5) is 14.2. The van der Waals surface area contributed by atoms with Gasteiger partial charge in [0.1, 0.15) is 0 Å². The zero-order chi connectivity index (χ0) is 6.85. The predicted molar refractivity (Wildman–Crippen MR) is 34.2 cm³/mol. The van der Waals surface area contributed by atoms with Crippen molar-refractivity contribution in [2.45, 2.75) is 6.92 Å². The number of nitrogens with zero attached hydrogens (tertiary/aromatic N) is 2. The third-order valence-corrected chi connectivity index (χ3v) is 1.08. The van der Waals surface area contributed by atoms with E-state index in [1.165, 1.54) is 4.57 Å². The van der Waals surface area contributed by atoms with Crippen molar-refractivity contribution in [2.75, 3.05) is 0 Å². The highest BCUT2D eigenvalue weighted by atomic mass is 16.1. The summed E-state index contributed by atoms with van der Waals surface area (Å²) in [5.41, 5.74) is 0.790. The van der Waals surface area contributed by atoms with E-state index in [-0.39, 0.29) is 5.69 Å². The molecule has 0 saturated carbocycles. The van der Waals surface area contributed by atoms with Gasteiger partial charge in [-0.25, -0.2) is 9.78 Å². The first kappa shape index (κ1) is 6.01. The summed E-state index contributed by atoms with van der Waals surface area (Å²) >= 11 is 0. The van der Waals surface area contributed by atoms with Gasteiger partial charge in [-0.05, 0) is 12.5 Å². The Hall–Kier alpha value is -1.12. The van der Waals surface area contributed by atoms with E-state index in [0.717, 1.165) is 5.56 Å². The van der Waals surface area contributed by atoms with Crippen LogP contribution in [-0.4, -0.2) is 9.55 Å². The van der Waals surface area contributed by atoms with Gasteiger partial charge in [0.2, 0.25) is 0 Å². The van der Waals surface area contributed by atoms with E-state index in [9.17, 15) is 4.79 Å². The van der Waals surface area contributed by atoms with Crippen molar-refractivity contribution >= 4 is 0 Å². The van der Waals surface area contributed by atoms with Gasteiger partial charge < -0.3 is 4.57 Å². The van der Waals surface area contributed by atoms with Gasteiger partial charge in [-0.15, -0.1) is 0 Å². The molecule has 0 saturated heterocycles. The van der Waals surface area contributed by atoms with Crippen molar-refractivity contribution in [3.8, 4) is 0 Å². The molecule has 48 valence electrons. The van der Waals surface area contributed by atoms with Crippen molar-refractivity contribution in [1.82, 2.24) is 9.55 Å². The number of hydrogen-bond acceptors (Lipinski definition) is 2. The molecule has 0 bridgehead atoms. The van der Waals surface area contributed by atoms with Crippen LogP contribution in [0.4, 0.5) is 0 Å². The molecule has 1 rings (SSSR count). The topological polar surface area (TPSA) is 34.9 Å². The lowest BCUT2D eigenvalue weighted by atomic mass is 10.4. The Balaban J connectivity index is 3.34. The zero-order valence-corrected chi connectivity index (χ0v) is 5.46. The Morgan fingerprint density at radius 1 is 1.67 bits per heavy atom. The normalized spacial score (nSPS) is 9.56. The first-order valence-corrected chi connectivity index (χ1v) is 2.69. The van der Waals surface area contributed by atoms with Gasteiger partial charge in [-0.3, -0.25) is 0 Å². The molecule has 0 aliphatic rings. The van der Waals surface area contributed by atoms with E-state index in [1.807, 2.05) is 6.92 Å². The van der Waals surface area contributed by atoms with Crippen molar-refractivity contribution in [3.63, 3.8) is 0 Å². The maximum Gasteiger partial charge on any atom is 0.347 e. The number of aryl methyl sites for hydroxylation is 2. The molecular formula is C6H8N2O. The predicted octanol–water partition coefficient (Wildman–Crippen LogP) is 0.0887. The van der Waals surface area contributed by atoms with E-state index in [2.05, 4.69) is 4.98 Å². The summed E-state index contributed by atoms with van der Waals surface area (Å²) < 4.78 is 1.45. The largest absolute Gasteiger partial charge is 0.347 e. The molecule has 3 heteroatoms. The molecule has 0 unspecified atom stereocenters. The summed E-state index contributed by atoms with van der Waals surface area (Å²) in [6.45, 7) is 1.90. The van der Waals surface area contributed by atoms with E-state index < -0.39 is 0 Å². The van der Waals surface area contributed by atoms with Crippen LogP contribution in [0.1, 0.15) is 5.56 Å². The van der Waals surface area contributed by atoms with Crippen molar-refractivity contribution in [3.05, 3.63) is 28.4 Å². The molecule has 0 radical (unpaired) electrons. The molecule has 0 fully saturated rings. The van der Waals surface area contributed by atoms with Crippen molar-refractivity contribution < 1.29 is 0 Å². The first-order valence-electron chi connectivity index (χ1n) is 2.69. The lowest BCUT2D eigenvalue weighted by Gasteiger charge is -1.93. The fraction of sp³-hybridized carbons (Fsp3) is 0.333. The smallest absolute Gasteiger partial charge is 0.302 e. The fourth-order valence-corrected chi connectivity index (χ4v) is 0.642. The molecule has 0 aliphatic heterocycles.